The first-order valence-electron chi connectivity index (χ1n) is 5.06. The number of anilines is 1. The van der Waals surface area contributed by atoms with Gasteiger partial charge in [-0.1, -0.05) is 6.92 Å². The van der Waals surface area contributed by atoms with Crippen LogP contribution in [0.1, 0.15) is 19.8 Å². The number of rotatable bonds is 2. The minimum Gasteiger partial charge on any atom is -0.272 e. The molecule has 1 aromatic rings. The van der Waals surface area contributed by atoms with E-state index in [0.29, 0.717) is 24.3 Å². The summed E-state index contributed by atoms with van der Waals surface area (Å²) in [5.41, 5.74) is 0.219. The molecule has 0 N–H and O–H groups in total. The van der Waals surface area contributed by atoms with Crippen molar-refractivity contribution >= 4 is 17.3 Å². The first kappa shape index (κ1) is 11.6. The van der Waals surface area contributed by atoms with Crippen LogP contribution in [-0.2, 0) is 4.79 Å². The zero-order valence-electron chi connectivity index (χ0n) is 9.01. The zero-order chi connectivity index (χ0) is 12.6. The van der Waals surface area contributed by atoms with Crippen LogP contribution in [0, 0.1) is 17.5 Å². The van der Waals surface area contributed by atoms with Crippen LogP contribution in [0.2, 0.25) is 0 Å². The summed E-state index contributed by atoms with van der Waals surface area (Å²) in [5, 5.41) is 4.64. The number of hydrogen-bond acceptors (Lipinski definition) is 2. The highest BCUT2D eigenvalue weighted by Gasteiger charge is 2.27. The summed E-state index contributed by atoms with van der Waals surface area (Å²) in [6.07, 6.45) is 0.627. The largest absolute Gasteiger partial charge is 0.272 e. The summed E-state index contributed by atoms with van der Waals surface area (Å²) in [7, 11) is 0. The van der Waals surface area contributed by atoms with Crippen LogP contribution in [0.25, 0.3) is 0 Å². The van der Waals surface area contributed by atoms with Crippen molar-refractivity contribution in [2.45, 2.75) is 19.8 Å². The van der Waals surface area contributed by atoms with Crippen molar-refractivity contribution in [3.05, 3.63) is 29.6 Å². The topological polar surface area (TPSA) is 32.7 Å². The van der Waals surface area contributed by atoms with E-state index in [0.717, 1.165) is 5.01 Å². The first-order chi connectivity index (χ1) is 8.02. The van der Waals surface area contributed by atoms with Crippen molar-refractivity contribution in [3.63, 3.8) is 0 Å². The van der Waals surface area contributed by atoms with E-state index in [2.05, 4.69) is 5.10 Å². The average Bonchev–Trinajstić information content (AvgIpc) is 2.65. The highest BCUT2D eigenvalue weighted by Crippen LogP contribution is 2.26. The molecule has 0 spiro atoms. The van der Waals surface area contributed by atoms with Crippen molar-refractivity contribution in [2.75, 3.05) is 5.01 Å². The second-order valence-corrected chi connectivity index (χ2v) is 3.62. The standard InChI is InChI=1S/C11H9F3N2O/c1-2-6-3-11(17)16(15-6)10-5-8(13)7(12)4-9(10)14/h4-5H,2-3H2,1H3. The van der Waals surface area contributed by atoms with Crippen molar-refractivity contribution < 1.29 is 18.0 Å². The summed E-state index contributed by atoms with van der Waals surface area (Å²) < 4.78 is 39.1. The van der Waals surface area contributed by atoms with Crippen LogP contribution >= 0.6 is 0 Å². The molecule has 1 aromatic carbocycles. The Hall–Kier alpha value is -1.85. The van der Waals surface area contributed by atoms with Crippen LogP contribution in [0.15, 0.2) is 17.2 Å². The number of carbonyl (C=O) groups excluding carboxylic acids is 1. The Balaban J connectivity index is 2.44. The van der Waals surface area contributed by atoms with E-state index in [9.17, 15) is 18.0 Å². The fraction of sp³-hybridized carbons (Fsp3) is 0.273. The van der Waals surface area contributed by atoms with E-state index in [1.54, 1.807) is 6.92 Å². The van der Waals surface area contributed by atoms with E-state index in [4.69, 9.17) is 0 Å². The van der Waals surface area contributed by atoms with Crippen molar-refractivity contribution in [3.8, 4) is 0 Å². The molecular formula is C11H9F3N2O. The van der Waals surface area contributed by atoms with Gasteiger partial charge in [-0.05, 0) is 6.42 Å². The Morgan fingerprint density at radius 3 is 2.47 bits per heavy atom. The molecule has 0 bridgehead atoms. The highest BCUT2D eigenvalue weighted by atomic mass is 19.2. The van der Waals surface area contributed by atoms with E-state index >= 15 is 0 Å². The summed E-state index contributed by atoms with van der Waals surface area (Å²) in [6.45, 7) is 1.80. The normalized spacial score (nSPS) is 15.4. The number of carbonyl (C=O) groups is 1. The molecule has 90 valence electrons. The predicted molar refractivity (Wildman–Crippen MR) is 56.1 cm³/mol. The van der Waals surface area contributed by atoms with Crippen LogP contribution in [0.3, 0.4) is 0 Å². The molecule has 0 fully saturated rings. The highest BCUT2D eigenvalue weighted by molar-refractivity contribution is 6.12. The molecule has 6 heteroatoms. The summed E-state index contributed by atoms with van der Waals surface area (Å²) >= 11 is 0. The fourth-order valence-corrected chi connectivity index (χ4v) is 1.54. The minimum absolute atomic E-state index is 0.0783. The van der Waals surface area contributed by atoms with E-state index in [1.165, 1.54) is 0 Å². The summed E-state index contributed by atoms with van der Waals surface area (Å²) in [4.78, 5) is 11.5. The van der Waals surface area contributed by atoms with Gasteiger partial charge in [0.25, 0.3) is 5.91 Å². The molecule has 17 heavy (non-hydrogen) atoms. The number of nitrogens with zero attached hydrogens (tertiary/aromatic N) is 2. The van der Waals surface area contributed by atoms with Crippen molar-refractivity contribution in [2.24, 2.45) is 5.10 Å². The maximum Gasteiger partial charge on any atom is 0.253 e. The lowest BCUT2D eigenvalue weighted by atomic mass is 10.2. The Bertz CT molecular complexity index is 514. The second-order valence-electron chi connectivity index (χ2n) is 3.62. The molecule has 0 atom stereocenters. The molecule has 0 saturated carbocycles. The Labute approximate surface area is 95.5 Å². The number of halogens is 3. The second kappa shape index (κ2) is 4.20. The SMILES string of the molecule is CCC1=NN(c2cc(F)c(F)cc2F)C(=O)C1. The lowest BCUT2D eigenvalue weighted by molar-refractivity contribution is -0.116. The third kappa shape index (κ3) is 2.02. The lowest BCUT2D eigenvalue weighted by Gasteiger charge is -2.12. The van der Waals surface area contributed by atoms with Gasteiger partial charge >= 0.3 is 0 Å². The van der Waals surface area contributed by atoms with E-state index in [-0.39, 0.29) is 12.1 Å². The smallest absolute Gasteiger partial charge is 0.253 e. The monoisotopic (exact) mass is 242 g/mol. The van der Waals surface area contributed by atoms with E-state index in [1.807, 2.05) is 0 Å². The van der Waals surface area contributed by atoms with Gasteiger partial charge in [0, 0.05) is 17.8 Å². The van der Waals surface area contributed by atoms with E-state index < -0.39 is 23.4 Å². The summed E-state index contributed by atoms with van der Waals surface area (Å²) in [6, 6.07) is 1.03. The fourth-order valence-electron chi connectivity index (χ4n) is 1.54. The molecular weight excluding hydrogens is 233 g/mol. The van der Waals surface area contributed by atoms with Gasteiger partial charge in [-0.3, -0.25) is 4.79 Å². The molecule has 1 amide bonds. The molecule has 1 heterocycles. The molecule has 1 aliphatic rings. The molecule has 0 saturated heterocycles. The number of hydrogen-bond donors (Lipinski definition) is 0. The summed E-state index contributed by atoms with van der Waals surface area (Å²) in [5.74, 6) is -3.97. The van der Waals surface area contributed by atoms with Crippen LogP contribution in [0.4, 0.5) is 18.9 Å². The number of amides is 1. The maximum atomic E-state index is 13.4. The first-order valence-corrected chi connectivity index (χ1v) is 5.06. The third-order valence-electron chi connectivity index (χ3n) is 2.46. The number of hydrazone groups is 1. The van der Waals surface area contributed by atoms with Gasteiger partial charge in [0.05, 0.1) is 6.42 Å². The van der Waals surface area contributed by atoms with Gasteiger partial charge in [0.2, 0.25) is 0 Å². The van der Waals surface area contributed by atoms with Gasteiger partial charge in [-0.25, -0.2) is 13.2 Å². The molecule has 0 aromatic heterocycles. The van der Waals surface area contributed by atoms with Crippen LogP contribution < -0.4 is 5.01 Å². The molecule has 3 nitrogen and oxygen atoms in total. The maximum absolute atomic E-state index is 13.4. The zero-order valence-corrected chi connectivity index (χ0v) is 9.01. The van der Waals surface area contributed by atoms with Crippen molar-refractivity contribution in [1.82, 2.24) is 0 Å². The van der Waals surface area contributed by atoms with Crippen molar-refractivity contribution in [1.29, 1.82) is 0 Å². The van der Waals surface area contributed by atoms with Crippen LogP contribution in [-0.4, -0.2) is 11.6 Å². The molecule has 2 rings (SSSR count). The Kier molecular flexibility index (Phi) is 2.87. The third-order valence-corrected chi connectivity index (χ3v) is 2.46. The van der Waals surface area contributed by atoms with Gasteiger partial charge in [-0.2, -0.15) is 10.1 Å². The predicted octanol–water partition coefficient (Wildman–Crippen LogP) is 2.61. The molecule has 0 unspecified atom stereocenters. The van der Waals surface area contributed by atoms with Gasteiger partial charge in [0.1, 0.15) is 5.69 Å². The van der Waals surface area contributed by atoms with Crippen LogP contribution in [0.5, 0.6) is 0 Å². The lowest BCUT2D eigenvalue weighted by Crippen LogP contribution is -2.21. The Morgan fingerprint density at radius 2 is 1.88 bits per heavy atom. The molecule has 1 aliphatic heterocycles. The average molecular weight is 242 g/mol. The van der Waals surface area contributed by atoms with Gasteiger partial charge in [0.15, 0.2) is 17.5 Å². The minimum atomic E-state index is -1.29. The Morgan fingerprint density at radius 1 is 1.24 bits per heavy atom. The number of benzene rings is 1. The van der Waals surface area contributed by atoms with Gasteiger partial charge in [-0.15, -0.1) is 0 Å². The molecule has 0 radical (unpaired) electrons. The van der Waals surface area contributed by atoms with Gasteiger partial charge < -0.3 is 0 Å². The quantitative estimate of drug-likeness (QED) is 0.734. The molecule has 0 aliphatic carbocycles.